The molecular formula is C8H17F2NO2. The minimum absolute atomic E-state index is 0.331. The van der Waals surface area contributed by atoms with Crippen molar-refractivity contribution in [3.8, 4) is 0 Å². The lowest BCUT2D eigenvalue weighted by molar-refractivity contribution is 0.0187. The molecule has 0 heterocycles. The van der Waals surface area contributed by atoms with Crippen LogP contribution in [0.3, 0.4) is 0 Å². The summed E-state index contributed by atoms with van der Waals surface area (Å²) in [5.41, 5.74) is 0. The summed E-state index contributed by atoms with van der Waals surface area (Å²) in [4.78, 5) is 0. The first-order chi connectivity index (χ1) is 6.27. The molecule has 5 heteroatoms. The highest BCUT2D eigenvalue weighted by atomic mass is 19.3. The van der Waals surface area contributed by atoms with E-state index in [0.29, 0.717) is 19.8 Å². The van der Waals surface area contributed by atoms with E-state index in [0.717, 1.165) is 13.0 Å². The molecule has 3 nitrogen and oxygen atoms in total. The van der Waals surface area contributed by atoms with Crippen molar-refractivity contribution in [2.45, 2.75) is 12.8 Å². The highest BCUT2D eigenvalue weighted by molar-refractivity contribution is 4.46. The maximum Gasteiger partial charge on any atom is 0.261 e. The van der Waals surface area contributed by atoms with Gasteiger partial charge in [-0.3, -0.25) is 0 Å². The van der Waals surface area contributed by atoms with Crippen LogP contribution < -0.4 is 5.32 Å². The molecule has 0 radical (unpaired) electrons. The zero-order valence-electron chi connectivity index (χ0n) is 7.89. The van der Waals surface area contributed by atoms with Crippen LogP contribution >= 0.6 is 0 Å². The fourth-order valence-corrected chi connectivity index (χ4v) is 0.783. The molecule has 0 rings (SSSR count). The number of rotatable bonds is 9. The normalized spacial score (nSPS) is 11.1. The van der Waals surface area contributed by atoms with Gasteiger partial charge < -0.3 is 14.8 Å². The molecule has 0 aromatic carbocycles. The van der Waals surface area contributed by atoms with Crippen LogP contribution in [0, 0.1) is 0 Å². The SMILES string of the molecule is COCCCNCCOCC(F)F. The van der Waals surface area contributed by atoms with Gasteiger partial charge in [0.2, 0.25) is 0 Å². The van der Waals surface area contributed by atoms with Gasteiger partial charge in [0.25, 0.3) is 6.43 Å². The van der Waals surface area contributed by atoms with Crippen LogP contribution in [0.1, 0.15) is 6.42 Å². The van der Waals surface area contributed by atoms with Crippen LogP contribution in [0.2, 0.25) is 0 Å². The molecule has 0 fully saturated rings. The quantitative estimate of drug-likeness (QED) is 0.557. The van der Waals surface area contributed by atoms with Crippen LogP contribution in [0.15, 0.2) is 0 Å². The second-order valence-electron chi connectivity index (χ2n) is 2.56. The number of nitrogens with one attached hydrogen (secondary N) is 1. The average molecular weight is 197 g/mol. The summed E-state index contributed by atoms with van der Waals surface area (Å²) in [6.45, 7) is 2.00. The van der Waals surface area contributed by atoms with Gasteiger partial charge in [-0.05, 0) is 13.0 Å². The Balaban J connectivity index is 2.84. The molecule has 0 amide bonds. The predicted octanol–water partition coefficient (Wildman–Crippen LogP) is 0.894. The van der Waals surface area contributed by atoms with Crippen molar-refractivity contribution in [1.29, 1.82) is 0 Å². The van der Waals surface area contributed by atoms with Crippen molar-refractivity contribution in [2.75, 3.05) is 40.0 Å². The highest BCUT2D eigenvalue weighted by Gasteiger charge is 2.00. The number of hydrogen-bond acceptors (Lipinski definition) is 3. The molecule has 0 aliphatic carbocycles. The summed E-state index contributed by atoms with van der Waals surface area (Å²) in [5, 5.41) is 3.04. The van der Waals surface area contributed by atoms with E-state index in [2.05, 4.69) is 10.1 Å². The van der Waals surface area contributed by atoms with Crippen LogP contribution in [0.25, 0.3) is 0 Å². The Bertz CT molecular complexity index is 104. The second-order valence-corrected chi connectivity index (χ2v) is 2.56. The Labute approximate surface area is 77.4 Å². The fraction of sp³-hybridized carbons (Fsp3) is 1.00. The lowest BCUT2D eigenvalue weighted by Gasteiger charge is -2.05. The Morgan fingerprint density at radius 3 is 2.62 bits per heavy atom. The van der Waals surface area contributed by atoms with Gasteiger partial charge in [-0.25, -0.2) is 8.78 Å². The van der Waals surface area contributed by atoms with Crippen LogP contribution in [0.4, 0.5) is 8.78 Å². The minimum Gasteiger partial charge on any atom is -0.385 e. The summed E-state index contributed by atoms with van der Waals surface area (Å²) in [5.74, 6) is 0. The molecule has 0 saturated heterocycles. The number of halogens is 2. The van der Waals surface area contributed by atoms with E-state index in [9.17, 15) is 8.78 Å². The van der Waals surface area contributed by atoms with Crippen LogP contribution in [-0.2, 0) is 9.47 Å². The number of hydrogen-bond donors (Lipinski definition) is 1. The molecule has 80 valence electrons. The Morgan fingerprint density at radius 2 is 2.00 bits per heavy atom. The molecule has 0 spiro atoms. The third kappa shape index (κ3) is 11.7. The van der Waals surface area contributed by atoms with Gasteiger partial charge in [-0.2, -0.15) is 0 Å². The zero-order chi connectivity index (χ0) is 9.94. The first-order valence-electron chi connectivity index (χ1n) is 4.33. The molecule has 0 unspecified atom stereocenters. The summed E-state index contributed by atoms with van der Waals surface area (Å²) in [6, 6.07) is 0. The highest BCUT2D eigenvalue weighted by Crippen LogP contribution is 1.91. The van der Waals surface area contributed by atoms with E-state index < -0.39 is 13.0 Å². The molecule has 0 atom stereocenters. The second kappa shape index (κ2) is 9.83. The van der Waals surface area contributed by atoms with Gasteiger partial charge in [0.1, 0.15) is 6.61 Å². The van der Waals surface area contributed by atoms with E-state index in [-0.39, 0.29) is 0 Å². The molecule has 13 heavy (non-hydrogen) atoms. The van der Waals surface area contributed by atoms with Gasteiger partial charge >= 0.3 is 0 Å². The van der Waals surface area contributed by atoms with Gasteiger partial charge in [0.15, 0.2) is 0 Å². The molecule has 0 saturated carbocycles. The van der Waals surface area contributed by atoms with Gasteiger partial charge in [0, 0.05) is 20.3 Å². The van der Waals surface area contributed by atoms with Crippen molar-refractivity contribution in [3.63, 3.8) is 0 Å². The average Bonchev–Trinajstić information content (AvgIpc) is 2.09. The fourth-order valence-electron chi connectivity index (χ4n) is 0.783. The van der Waals surface area contributed by atoms with Gasteiger partial charge in [0.05, 0.1) is 6.61 Å². The molecule has 1 N–H and O–H groups in total. The number of methoxy groups -OCH3 is 1. The van der Waals surface area contributed by atoms with Crippen molar-refractivity contribution >= 4 is 0 Å². The van der Waals surface area contributed by atoms with Crippen molar-refractivity contribution in [1.82, 2.24) is 5.32 Å². The summed E-state index contributed by atoms with van der Waals surface area (Å²) < 4.78 is 32.6. The first kappa shape index (κ1) is 12.7. The third-order valence-electron chi connectivity index (χ3n) is 1.37. The molecule has 0 aromatic rings. The Kier molecular flexibility index (Phi) is 9.63. The van der Waals surface area contributed by atoms with E-state index in [1.165, 1.54) is 0 Å². The van der Waals surface area contributed by atoms with Crippen molar-refractivity contribution in [3.05, 3.63) is 0 Å². The smallest absolute Gasteiger partial charge is 0.261 e. The first-order valence-corrected chi connectivity index (χ1v) is 4.33. The summed E-state index contributed by atoms with van der Waals surface area (Å²) in [7, 11) is 1.64. The third-order valence-corrected chi connectivity index (χ3v) is 1.37. The van der Waals surface area contributed by atoms with Crippen molar-refractivity contribution in [2.24, 2.45) is 0 Å². The van der Waals surface area contributed by atoms with E-state index in [4.69, 9.17) is 4.74 Å². The standard InChI is InChI=1S/C8H17F2NO2/c1-12-5-2-3-11-4-6-13-7-8(9)10/h8,11H,2-7H2,1H3. The summed E-state index contributed by atoms with van der Waals surface area (Å²) in [6.07, 6.45) is -1.45. The Hall–Kier alpha value is -0.260. The van der Waals surface area contributed by atoms with Crippen LogP contribution in [0.5, 0.6) is 0 Å². The van der Waals surface area contributed by atoms with E-state index in [1.807, 2.05) is 0 Å². The van der Waals surface area contributed by atoms with Gasteiger partial charge in [-0.15, -0.1) is 0 Å². The Morgan fingerprint density at radius 1 is 1.23 bits per heavy atom. The molecular weight excluding hydrogens is 180 g/mol. The van der Waals surface area contributed by atoms with Gasteiger partial charge in [-0.1, -0.05) is 0 Å². The van der Waals surface area contributed by atoms with E-state index >= 15 is 0 Å². The molecule has 0 aliphatic rings. The molecule has 0 bridgehead atoms. The lowest BCUT2D eigenvalue weighted by atomic mass is 10.4. The molecule has 0 aromatic heterocycles. The maximum atomic E-state index is 11.5. The molecule has 0 aliphatic heterocycles. The minimum atomic E-state index is -2.37. The predicted molar refractivity (Wildman–Crippen MR) is 46.2 cm³/mol. The lowest BCUT2D eigenvalue weighted by Crippen LogP contribution is -2.22. The number of alkyl halides is 2. The van der Waals surface area contributed by atoms with Crippen LogP contribution in [-0.4, -0.2) is 46.4 Å². The monoisotopic (exact) mass is 197 g/mol. The largest absolute Gasteiger partial charge is 0.385 e. The van der Waals surface area contributed by atoms with E-state index in [1.54, 1.807) is 7.11 Å². The summed E-state index contributed by atoms with van der Waals surface area (Å²) >= 11 is 0. The van der Waals surface area contributed by atoms with Crippen molar-refractivity contribution < 1.29 is 18.3 Å². The number of ether oxygens (including phenoxy) is 2. The maximum absolute atomic E-state index is 11.5. The topological polar surface area (TPSA) is 30.5 Å². The zero-order valence-corrected chi connectivity index (χ0v) is 7.89.